The molecule has 15 heavy (non-hydrogen) atoms. The Hall–Kier alpha value is -0.600. The normalized spacial score (nSPS) is 15.0. The molecule has 0 aliphatic rings. The lowest BCUT2D eigenvalue weighted by Crippen LogP contribution is -2.14. The molecule has 0 bridgehead atoms. The van der Waals surface area contributed by atoms with Crippen LogP contribution in [0.3, 0.4) is 0 Å². The van der Waals surface area contributed by atoms with Gasteiger partial charge in [-0.15, -0.1) is 0 Å². The Morgan fingerprint density at radius 2 is 2.13 bits per heavy atom. The summed E-state index contributed by atoms with van der Waals surface area (Å²) < 4.78 is 13.2. The first-order chi connectivity index (χ1) is 7.04. The Labute approximate surface area is 95.4 Å². The van der Waals surface area contributed by atoms with Gasteiger partial charge >= 0.3 is 0 Å². The molecule has 0 heterocycles. The Kier molecular flexibility index (Phi) is 4.55. The molecule has 1 aromatic rings. The van der Waals surface area contributed by atoms with Gasteiger partial charge < -0.3 is 5.73 Å². The van der Waals surface area contributed by atoms with E-state index in [0.717, 1.165) is 18.4 Å². The van der Waals surface area contributed by atoms with E-state index >= 15 is 0 Å². The second-order valence-corrected chi connectivity index (χ2v) is 4.44. The minimum absolute atomic E-state index is 0.105. The summed E-state index contributed by atoms with van der Waals surface area (Å²) in [5, 5.41) is 0.148. The minimum atomic E-state index is -0.395. The maximum atomic E-state index is 13.2. The number of rotatable bonds is 4. The van der Waals surface area contributed by atoms with Crippen molar-refractivity contribution in [2.24, 2.45) is 11.7 Å². The van der Waals surface area contributed by atoms with Crippen molar-refractivity contribution in [2.75, 3.05) is 0 Å². The van der Waals surface area contributed by atoms with Gasteiger partial charge in [0.1, 0.15) is 5.82 Å². The highest BCUT2D eigenvalue weighted by molar-refractivity contribution is 6.30. The maximum Gasteiger partial charge on any atom is 0.142 e. The van der Waals surface area contributed by atoms with Gasteiger partial charge in [-0.05, 0) is 30.0 Å². The summed E-state index contributed by atoms with van der Waals surface area (Å²) in [6.07, 6.45) is 1.96. The number of hydrogen-bond donors (Lipinski definition) is 1. The molecule has 2 atom stereocenters. The summed E-state index contributed by atoms with van der Waals surface area (Å²) >= 11 is 5.60. The van der Waals surface area contributed by atoms with E-state index in [9.17, 15) is 4.39 Å². The lowest BCUT2D eigenvalue weighted by Gasteiger charge is -2.16. The average Bonchev–Trinajstić information content (AvgIpc) is 2.21. The van der Waals surface area contributed by atoms with Gasteiger partial charge in [0.2, 0.25) is 0 Å². The summed E-state index contributed by atoms with van der Waals surface area (Å²) in [7, 11) is 0. The van der Waals surface area contributed by atoms with Gasteiger partial charge in [-0.25, -0.2) is 4.39 Å². The first-order valence-corrected chi connectivity index (χ1v) is 5.63. The minimum Gasteiger partial charge on any atom is -0.324 e. The van der Waals surface area contributed by atoms with Crippen molar-refractivity contribution >= 4 is 11.6 Å². The van der Waals surface area contributed by atoms with Crippen LogP contribution in [0.15, 0.2) is 18.2 Å². The Balaban J connectivity index is 2.73. The lowest BCUT2D eigenvalue weighted by atomic mass is 9.95. The Morgan fingerprint density at radius 1 is 1.47 bits per heavy atom. The maximum absolute atomic E-state index is 13.2. The van der Waals surface area contributed by atoms with Gasteiger partial charge in [-0.3, -0.25) is 0 Å². The molecule has 0 spiro atoms. The summed E-state index contributed by atoms with van der Waals surface area (Å²) in [5.74, 6) is 0.160. The van der Waals surface area contributed by atoms with Crippen LogP contribution < -0.4 is 5.73 Å². The smallest absolute Gasteiger partial charge is 0.142 e. The molecule has 1 rings (SSSR count). The van der Waals surface area contributed by atoms with Crippen LogP contribution in [0.5, 0.6) is 0 Å². The van der Waals surface area contributed by atoms with E-state index in [1.807, 2.05) is 0 Å². The van der Waals surface area contributed by atoms with Crippen LogP contribution in [0.1, 0.15) is 38.3 Å². The monoisotopic (exact) mass is 229 g/mol. The van der Waals surface area contributed by atoms with Crippen molar-refractivity contribution in [3.05, 3.63) is 34.6 Å². The average molecular weight is 230 g/mol. The van der Waals surface area contributed by atoms with Crippen LogP contribution in [0.4, 0.5) is 4.39 Å². The quantitative estimate of drug-likeness (QED) is 0.832. The molecule has 1 nitrogen and oxygen atoms in total. The summed E-state index contributed by atoms with van der Waals surface area (Å²) in [5.41, 5.74) is 6.80. The van der Waals surface area contributed by atoms with E-state index in [4.69, 9.17) is 17.3 Å². The molecule has 0 fully saturated rings. The van der Waals surface area contributed by atoms with Crippen LogP contribution in [0, 0.1) is 11.7 Å². The van der Waals surface area contributed by atoms with E-state index in [-0.39, 0.29) is 11.1 Å². The van der Waals surface area contributed by atoms with Gasteiger partial charge in [0.25, 0.3) is 0 Å². The van der Waals surface area contributed by atoms with Crippen molar-refractivity contribution < 1.29 is 4.39 Å². The molecule has 0 saturated carbocycles. The fourth-order valence-electron chi connectivity index (χ4n) is 1.48. The zero-order chi connectivity index (χ0) is 11.4. The van der Waals surface area contributed by atoms with Gasteiger partial charge in [-0.2, -0.15) is 0 Å². The highest BCUT2D eigenvalue weighted by Gasteiger charge is 2.11. The second-order valence-electron chi connectivity index (χ2n) is 4.03. The predicted molar refractivity (Wildman–Crippen MR) is 62.4 cm³/mol. The molecular weight excluding hydrogens is 213 g/mol. The molecule has 3 heteroatoms. The van der Waals surface area contributed by atoms with Gasteiger partial charge in [0.15, 0.2) is 0 Å². The molecule has 1 aromatic carbocycles. The molecule has 0 aliphatic heterocycles. The Morgan fingerprint density at radius 3 is 2.67 bits per heavy atom. The van der Waals surface area contributed by atoms with Crippen molar-refractivity contribution in [1.82, 2.24) is 0 Å². The largest absolute Gasteiger partial charge is 0.324 e. The van der Waals surface area contributed by atoms with Crippen molar-refractivity contribution in [3.63, 3.8) is 0 Å². The summed E-state index contributed by atoms with van der Waals surface area (Å²) in [6.45, 7) is 4.27. The van der Waals surface area contributed by atoms with Crippen LogP contribution in [-0.4, -0.2) is 0 Å². The van der Waals surface area contributed by atoms with Crippen LogP contribution in [-0.2, 0) is 0 Å². The molecule has 0 aliphatic carbocycles. The topological polar surface area (TPSA) is 26.0 Å². The van der Waals surface area contributed by atoms with E-state index < -0.39 is 5.82 Å². The first kappa shape index (κ1) is 12.5. The third kappa shape index (κ3) is 3.47. The van der Waals surface area contributed by atoms with Crippen LogP contribution >= 0.6 is 11.6 Å². The third-order valence-electron chi connectivity index (χ3n) is 2.73. The predicted octanol–water partition coefficient (Wildman–Crippen LogP) is 3.92. The highest BCUT2D eigenvalue weighted by atomic mass is 35.5. The number of benzene rings is 1. The van der Waals surface area contributed by atoms with E-state index in [1.54, 1.807) is 12.1 Å². The number of hydrogen-bond acceptors (Lipinski definition) is 1. The lowest BCUT2D eigenvalue weighted by molar-refractivity contribution is 0.460. The van der Waals surface area contributed by atoms with Gasteiger partial charge in [0.05, 0.1) is 5.02 Å². The molecule has 2 N–H and O–H groups in total. The second kappa shape index (κ2) is 5.47. The molecule has 2 unspecified atom stereocenters. The molecular formula is C12H17ClFN. The van der Waals surface area contributed by atoms with Crippen molar-refractivity contribution in [2.45, 2.75) is 32.7 Å². The fraction of sp³-hybridized carbons (Fsp3) is 0.500. The third-order valence-corrected chi connectivity index (χ3v) is 3.03. The van der Waals surface area contributed by atoms with Crippen LogP contribution in [0.25, 0.3) is 0 Å². The molecule has 84 valence electrons. The molecule has 0 aromatic heterocycles. The van der Waals surface area contributed by atoms with Crippen molar-refractivity contribution in [3.8, 4) is 0 Å². The first-order valence-electron chi connectivity index (χ1n) is 5.25. The highest BCUT2D eigenvalue weighted by Crippen LogP contribution is 2.24. The zero-order valence-electron chi connectivity index (χ0n) is 9.13. The fourth-order valence-corrected chi connectivity index (χ4v) is 1.60. The number of halogens is 2. The summed E-state index contributed by atoms with van der Waals surface area (Å²) in [4.78, 5) is 0. The zero-order valence-corrected chi connectivity index (χ0v) is 9.89. The molecule has 0 amide bonds. The number of nitrogens with two attached hydrogens (primary N) is 1. The van der Waals surface area contributed by atoms with E-state index in [1.165, 1.54) is 6.07 Å². The molecule has 0 saturated heterocycles. The van der Waals surface area contributed by atoms with Gasteiger partial charge in [-0.1, -0.05) is 37.9 Å². The summed E-state index contributed by atoms with van der Waals surface area (Å²) in [6, 6.07) is 4.67. The SMILES string of the molecule is CCC(C)CC(N)c1ccc(Cl)c(F)c1. The van der Waals surface area contributed by atoms with Crippen LogP contribution in [0.2, 0.25) is 5.02 Å². The van der Waals surface area contributed by atoms with E-state index in [2.05, 4.69) is 13.8 Å². The Bertz CT molecular complexity index is 327. The van der Waals surface area contributed by atoms with E-state index in [0.29, 0.717) is 5.92 Å². The van der Waals surface area contributed by atoms with Gasteiger partial charge in [0, 0.05) is 6.04 Å². The standard InChI is InChI=1S/C12H17ClFN/c1-3-8(2)6-12(15)9-4-5-10(13)11(14)7-9/h4-5,7-8,12H,3,6,15H2,1-2H3. The van der Waals surface area contributed by atoms with Crippen molar-refractivity contribution in [1.29, 1.82) is 0 Å². The molecule has 0 radical (unpaired) electrons.